The predicted octanol–water partition coefficient (Wildman–Crippen LogP) is 5.58. The third kappa shape index (κ3) is 4.23. The van der Waals surface area contributed by atoms with Gasteiger partial charge >= 0.3 is 0 Å². The first-order valence-corrected chi connectivity index (χ1v) is 15.1. The molecule has 0 saturated heterocycles. The van der Waals surface area contributed by atoms with Crippen LogP contribution in [0.15, 0.2) is 28.7 Å². The monoisotopic (exact) mass is 432 g/mol. The summed E-state index contributed by atoms with van der Waals surface area (Å²) in [5, 5.41) is 3.43. The Morgan fingerprint density at radius 1 is 1.06 bits per heavy atom. The van der Waals surface area contributed by atoms with Crippen molar-refractivity contribution in [2.75, 3.05) is 0 Å². The molecule has 6 rings (SSSR count). The summed E-state index contributed by atoms with van der Waals surface area (Å²) in [5.74, 6) is 6.63. The fourth-order valence-electron chi connectivity index (χ4n) is 6.30. The summed E-state index contributed by atoms with van der Waals surface area (Å²) in [5.41, 5.74) is 5.63. The van der Waals surface area contributed by atoms with E-state index in [4.69, 9.17) is 4.42 Å². The number of hydrogen-bond acceptors (Lipinski definition) is 3. The van der Waals surface area contributed by atoms with Crippen LogP contribution in [0.3, 0.4) is 0 Å². The van der Waals surface area contributed by atoms with Gasteiger partial charge < -0.3 is 9.73 Å². The molecule has 162 valence electrons. The molecule has 1 N–H and O–H groups in total. The van der Waals surface area contributed by atoms with Crippen LogP contribution in [0, 0.1) is 36.1 Å². The van der Waals surface area contributed by atoms with Crippen molar-refractivity contribution in [3.63, 3.8) is 0 Å². The first-order valence-electron chi connectivity index (χ1n) is 11.6. The zero-order valence-electron chi connectivity index (χ0n) is 19.0. The number of carbonyl (C=O) groups excluding carboxylic acids is 1. The second-order valence-electron chi connectivity index (χ2n) is 11.1. The van der Waals surface area contributed by atoms with Gasteiger partial charge in [-0.05, 0) is 80.5 Å². The second kappa shape index (κ2) is 7.38. The lowest BCUT2D eigenvalue weighted by Crippen LogP contribution is -2.59. The van der Waals surface area contributed by atoms with Crippen molar-refractivity contribution in [3.05, 3.63) is 41.4 Å². The zero-order chi connectivity index (χ0) is 21.8. The van der Waals surface area contributed by atoms with Crippen LogP contribution < -0.4 is 5.32 Å². The third-order valence-corrected chi connectivity index (χ3v) is 7.97. The van der Waals surface area contributed by atoms with Crippen LogP contribution >= 0.6 is 0 Å². The van der Waals surface area contributed by atoms with Crippen molar-refractivity contribution in [3.8, 4) is 22.8 Å². The minimum atomic E-state index is -1.42. The van der Waals surface area contributed by atoms with E-state index in [1.54, 1.807) is 6.92 Å². The lowest BCUT2D eigenvalue weighted by molar-refractivity contribution is -0.0167. The molecule has 0 spiro atoms. The molecule has 4 bridgehead atoms. The minimum absolute atomic E-state index is 0.0355. The molecule has 0 unspecified atom stereocenters. The summed E-state index contributed by atoms with van der Waals surface area (Å²) in [6.45, 7) is 8.51. The molecule has 5 heteroatoms. The number of benzene rings is 1. The number of hydrogen-bond donors (Lipinski definition) is 1. The number of carbonyl (C=O) groups is 1. The first-order chi connectivity index (χ1) is 14.7. The highest BCUT2D eigenvalue weighted by atomic mass is 28.3. The Balaban J connectivity index is 1.38. The Morgan fingerprint density at radius 3 is 2.19 bits per heavy atom. The van der Waals surface area contributed by atoms with Gasteiger partial charge in [0.1, 0.15) is 8.07 Å². The molecule has 4 aliphatic rings. The molecule has 1 aromatic heterocycles. The highest BCUT2D eigenvalue weighted by Crippen LogP contribution is 2.55. The molecule has 2 aromatic rings. The number of nitrogens with one attached hydrogen (secondary N) is 1. The molecule has 0 aliphatic heterocycles. The Bertz CT molecular complexity index is 1030. The summed E-state index contributed by atoms with van der Waals surface area (Å²) in [7, 11) is -1.42. The van der Waals surface area contributed by atoms with E-state index in [0.29, 0.717) is 17.3 Å². The van der Waals surface area contributed by atoms with Gasteiger partial charge in [-0.15, -0.1) is 5.54 Å². The van der Waals surface area contributed by atoms with Crippen LogP contribution in [0.2, 0.25) is 19.6 Å². The van der Waals surface area contributed by atoms with E-state index in [9.17, 15) is 4.79 Å². The van der Waals surface area contributed by atoms with E-state index >= 15 is 0 Å². The van der Waals surface area contributed by atoms with Gasteiger partial charge in [0, 0.05) is 23.6 Å². The maximum Gasteiger partial charge on any atom is 0.274 e. The maximum atomic E-state index is 13.4. The molecular formula is C26H32N2O2Si. The largest absolute Gasteiger partial charge is 0.440 e. The Kier molecular flexibility index (Phi) is 4.89. The third-order valence-electron chi connectivity index (χ3n) is 7.10. The van der Waals surface area contributed by atoms with Gasteiger partial charge in [-0.2, -0.15) is 0 Å². The van der Waals surface area contributed by atoms with Gasteiger partial charge in [0.2, 0.25) is 0 Å². The van der Waals surface area contributed by atoms with Crippen LogP contribution in [0.25, 0.3) is 11.3 Å². The zero-order valence-corrected chi connectivity index (χ0v) is 20.0. The minimum Gasteiger partial charge on any atom is -0.440 e. The van der Waals surface area contributed by atoms with Gasteiger partial charge in [-0.1, -0.05) is 25.6 Å². The average Bonchev–Trinajstić information content (AvgIpc) is 3.07. The summed E-state index contributed by atoms with van der Waals surface area (Å²) in [6.07, 6.45) is 7.45. The number of amides is 1. The van der Waals surface area contributed by atoms with Crippen LogP contribution in [0.5, 0.6) is 0 Å². The van der Waals surface area contributed by atoms with Gasteiger partial charge in [-0.25, -0.2) is 4.98 Å². The fourth-order valence-corrected chi connectivity index (χ4v) is 6.82. The Labute approximate surface area is 186 Å². The highest BCUT2D eigenvalue weighted by Gasteiger charge is 2.51. The topological polar surface area (TPSA) is 55.1 Å². The number of oxazole rings is 1. The van der Waals surface area contributed by atoms with Crippen molar-refractivity contribution in [1.82, 2.24) is 10.3 Å². The first kappa shape index (κ1) is 20.6. The summed E-state index contributed by atoms with van der Waals surface area (Å²) in [4.78, 5) is 17.8. The van der Waals surface area contributed by atoms with E-state index in [1.165, 1.54) is 19.3 Å². The van der Waals surface area contributed by atoms with Crippen molar-refractivity contribution in [2.45, 2.75) is 70.6 Å². The quantitative estimate of drug-likeness (QED) is 0.509. The van der Waals surface area contributed by atoms with E-state index in [1.807, 2.05) is 24.3 Å². The molecule has 1 amide bonds. The normalized spacial score (nSPS) is 28.8. The van der Waals surface area contributed by atoms with Crippen LogP contribution in [-0.4, -0.2) is 24.5 Å². The molecule has 4 fully saturated rings. The molecule has 31 heavy (non-hydrogen) atoms. The average molecular weight is 433 g/mol. The molecule has 1 aromatic carbocycles. The number of aryl methyl sites for hydroxylation is 1. The summed E-state index contributed by atoms with van der Waals surface area (Å²) in [6, 6.07) is 7.97. The van der Waals surface area contributed by atoms with Crippen LogP contribution in [-0.2, 0) is 0 Å². The molecule has 4 saturated carbocycles. The standard InChI is InChI=1S/C26H32N2O2Si/c1-17-27-23(24(30-17)22-7-5-18(6-8-22)9-10-31(2,3)4)25(29)28-26-14-19-11-20(15-26)13-21(12-19)16-26/h5-8,19-21H,11-16H2,1-4H3,(H,28,29). The Morgan fingerprint density at radius 2 is 1.65 bits per heavy atom. The van der Waals surface area contributed by atoms with Gasteiger partial charge in [0.25, 0.3) is 5.91 Å². The van der Waals surface area contributed by atoms with E-state index in [2.05, 4.69) is 41.4 Å². The lowest BCUT2D eigenvalue weighted by Gasteiger charge is -2.56. The second-order valence-corrected chi connectivity index (χ2v) is 15.9. The molecule has 0 radical (unpaired) electrons. The van der Waals surface area contributed by atoms with Gasteiger partial charge in [0.05, 0.1) is 0 Å². The highest BCUT2D eigenvalue weighted by molar-refractivity contribution is 6.83. The van der Waals surface area contributed by atoms with Crippen molar-refractivity contribution in [1.29, 1.82) is 0 Å². The van der Waals surface area contributed by atoms with Crippen molar-refractivity contribution < 1.29 is 9.21 Å². The van der Waals surface area contributed by atoms with Crippen LogP contribution in [0.1, 0.15) is 60.5 Å². The van der Waals surface area contributed by atoms with Crippen LogP contribution in [0.4, 0.5) is 0 Å². The fraction of sp³-hybridized carbons (Fsp3) is 0.538. The van der Waals surface area contributed by atoms with E-state index < -0.39 is 8.07 Å². The Hall–Kier alpha value is -2.32. The van der Waals surface area contributed by atoms with E-state index in [0.717, 1.165) is 48.1 Å². The van der Waals surface area contributed by atoms with Crippen molar-refractivity contribution >= 4 is 14.0 Å². The molecule has 0 atom stereocenters. The molecule has 4 nitrogen and oxygen atoms in total. The SMILES string of the molecule is Cc1nc(C(=O)NC23CC4CC(CC(C4)C2)C3)c(-c2ccc(C#C[Si](C)(C)C)cc2)o1. The summed E-state index contributed by atoms with van der Waals surface area (Å²) < 4.78 is 5.90. The number of nitrogens with zero attached hydrogens (tertiary/aromatic N) is 1. The number of aromatic nitrogens is 1. The van der Waals surface area contributed by atoms with Gasteiger partial charge in [-0.3, -0.25) is 4.79 Å². The predicted molar refractivity (Wildman–Crippen MR) is 125 cm³/mol. The maximum absolute atomic E-state index is 13.4. The van der Waals surface area contributed by atoms with E-state index in [-0.39, 0.29) is 11.4 Å². The smallest absolute Gasteiger partial charge is 0.274 e. The van der Waals surface area contributed by atoms with Crippen molar-refractivity contribution in [2.24, 2.45) is 17.8 Å². The lowest BCUT2D eigenvalue weighted by atomic mass is 9.53. The molecule has 1 heterocycles. The van der Waals surface area contributed by atoms with Gasteiger partial charge in [0.15, 0.2) is 17.3 Å². The molecule has 4 aliphatic carbocycles. The molecular weight excluding hydrogens is 400 g/mol. The number of rotatable bonds is 3. The summed E-state index contributed by atoms with van der Waals surface area (Å²) >= 11 is 0.